The fourth-order valence-corrected chi connectivity index (χ4v) is 1.28. The van der Waals surface area contributed by atoms with E-state index in [0.29, 0.717) is 18.2 Å². The standard InChI is InChI=1S/C8H17NO/c1-6-5-10-8(3)7(2)9(6)4/h6-8H,5H2,1-4H3. The Morgan fingerprint density at radius 1 is 1.30 bits per heavy atom. The number of morpholine rings is 1. The number of likely N-dealkylation sites (N-methyl/N-ethyl adjacent to an activating group) is 1. The number of rotatable bonds is 0. The van der Waals surface area contributed by atoms with Gasteiger partial charge in [0.15, 0.2) is 0 Å². The molecule has 0 spiro atoms. The molecule has 0 aromatic rings. The highest BCUT2D eigenvalue weighted by Crippen LogP contribution is 2.15. The van der Waals surface area contributed by atoms with Gasteiger partial charge in [0.2, 0.25) is 0 Å². The van der Waals surface area contributed by atoms with Crippen LogP contribution in [-0.4, -0.2) is 36.7 Å². The number of hydrogen-bond acceptors (Lipinski definition) is 2. The zero-order chi connectivity index (χ0) is 7.72. The summed E-state index contributed by atoms with van der Waals surface area (Å²) >= 11 is 0. The first-order valence-electron chi connectivity index (χ1n) is 3.96. The van der Waals surface area contributed by atoms with Crippen LogP contribution in [0.2, 0.25) is 0 Å². The average molecular weight is 143 g/mol. The second-order valence-corrected chi connectivity index (χ2v) is 3.29. The van der Waals surface area contributed by atoms with Gasteiger partial charge in [-0.25, -0.2) is 0 Å². The minimum Gasteiger partial charge on any atom is -0.375 e. The summed E-state index contributed by atoms with van der Waals surface area (Å²) in [5, 5.41) is 0. The van der Waals surface area contributed by atoms with E-state index in [1.54, 1.807) is 0 Å². The van der Waals surface area contributed by atoms with Crippen LogP contribution in [0.3, 0.4) is 0 Å². The largest absolute Gasteiger partial charge is 0.375 e. The van der Waals surface area contributed by atoms with Crippen molar-refractivity contribution in [3.63, 3.8) is 0 Å². The van der Waals surface area contributed by atoms with E-state index < -0.39 is 0 Å². The van der Waals surface area contributed by atoms with Crippen LogP contribution >= 0.6 is 0 Å². The van der Waals surface area contributed by atoms with Gasteiger partial charge < -0.3 is 4.74 Å². The van der Waals surface area contributed by atoms with Crippen LogP contribution in [0.25, 0.3) is 0 Å². The Morgan fingerprint density at radius 2 is 1.90 bits per heavy atom. The summed E-state index contributed by atoms with van der Waals surface area (Å²) in [7, 11) is 2.16. The van der Waals surface area contributed by atoms with Crippen LogP contribution in [0, 0.1) is 0 Å². The summed E-state index contributed by atoms with van der Waals surface area (Å²) in [5.74, 6) is 0. The average Bonchev–Trinajstić information content (AvgIpc) is 1.93. The zero-order valence-corrected chi connectivity index (χ0v) is 7.29. The van der Waals surface area contributed by atoms with Gasteiger partial charge in [-0.05, 0) is 27.8 Å². The number of hydrogen-bond donors (Lipinski definition) is 0. The number of nitrogens with zero attached hydrogens (tertiary/aromatic N) is 1. The maximum atomic E-state index is 5.53. The summed E-state index contributed by atoms with van der Waals surface area (Å²) in [5.41, 5.74) is 0. The van der Waals surface area contributed by atoms with Crippen molar-refractivity contribution in [1.29, 1.82) is 0 Å². The van der Waals surface area contributed by atoms with Crippen molar-refractivity contribution in [3.05, 3.63) is 0 Å². The smallest absolute Gasteiger partial charge is 0.0700 e. The summed E-state index contributed by atoms with van der Waals surface area (Å²) < 4.78 is 5.53. The fraction of sp³-hybridized carbons (Fsp3) is 1.00. The van der Waals surface area contributed by atoms with Gasteiger partial charge in [-0.15, -0.1) is 0 Å². The third kappa shape index (κ3) is 1.32. The Bertz CT molecular complexity index is 102. The van der Waals surface area contributed by atoms with E-state index in [1.165, 1.54) is 0 Å². The lowest BCUT2D eigenvalue weighted by atomic mass is 10.1. The molecule has 0 aliphatic carbocycles. The first-order valence-corrected chi connectivity index (χ1v) is 3.96. The molecule has 0 aromatic heterocycles. The summed E-state index contributed by atoms with van der Waals surface area (Å²) in [6, 6.07) is 1.13. The lowest BCUT2D eigenvalue weighted by Gasteiger charge is -2.39. The predicted molar refractivity (Wildman–Crippen MR) is 42.1 cm³/mol. The van der Waals surface area contributed by atoms with E-state index in [1.807, 2.05) is 0 Å². The van der Waals surface area contributed by atoms with Gasteiger partial charge in [0.1, 0.15) is 0 Å². The Hall–Kier alpha value is -0.0800. The quantitative estimate of drug-likeness (QED) is 0.503. The van der Waals surface area contributed by atoms with E-state index in [2.05, 4.69) is 32.7 Å². The maximum Gasteiger partial charge on any atom is 0.0700 e. The maximum absolute atomic E-state index is 5.53. The lowest BCUT2D eigenvalue weighted by molar-refractivity contribution is -0.0739. The molecule has 1 fully saturated rings. The minimum absolute atomic E-state index is 0.390. The van der Waals surface area contributed by atoms with Crippen molar-refractivity contribution in [2.45, 2.75) is 39.0 Å². The Labute approximate surface area is 63.2 Å². The van der Waals surface area contributed by atoms with Crippen LogP contribution in [-0.2, 0) is 4.74 Å². The van der Waals surface area contributed by atoms with E-state index in [4.69, 9.17) is 4.74 Å². The molecule has 1 heterocycles. The fourth-order valence-electron chi connectivity index (χ4n) is 1.28. The molecule has 2 nitrogen and oxygen atoms in total. The molecule has 1 aliphatic heterocycles. The molecule has 0 bridgehead atoms. The van der Waals surface area contributed by atoms with Crippen LogP contribution < -0.4 is 0 Å². The first-order chi connectivity index (χ1) is 4.63. The Balaban J connectivity index is 2.52. The molecule has 2 heteroatoms. The monoisotopic (exact) mass is 143 g/mol. The van der Waals surface area contributed by atoms with Crippen molar-refractivity contribution >= 4 is 0 Å². The third-order valence-electron chi connectivity index (χ3n) is 2.62. The molecule has 10 heavy (non-hydrogen) atoms. The van der Waals surface area contributed by atoms with E-state index in [9.17, 15) is 0 Å². The zero-order valence-electron chi connectivity index (χ0n) is 7.29. The minimum atomic E-state index is 0.390. The van der Waals surface area contributed by atoms with E-state index in [-0.39, 0.29) is 0 Å². The molecule has 3 unspecified atom stereocenters. The van der Waals surface area contributed by atoms with Gasteiger partial charge in [-0.3, -0.25) is 4.90 Å². The van der Waals surface area contributed by atoms with E-state index in [0.717, 1.165) is 6.61 Å². The molecule has 0 N–H and O–H groups in total. The van der Waals surface area contributed by atoms with Crippen LogP contribution in [0.4, 0.5) is 0 Å². The second kappa shape index (κ2) is 2.89. The molecule has 1 aliphatic rings. The second-order valence-electron chi connectivity index (χ2n) is 3.29. The van der Waals surface area contributed by atoms with Crippen molar-refractivity contribution in [1.82, 2.24) is 4.90 Å². The van der Waals surface area contributed by atoms with Gasteiger partial charge in [0, 0.05) is 12.1 Å². The van der Waals surface area contributed by atoms with Gasteiger partial charge >= 0.3 is 0 Å². The molecule has 1 saturated heterocycles. The highest BCUT2D eigenvalue weighted by Gasteiger charge is 2.26. The van der Waals surface area contributed by atoms with Gasteiger partial charge in [-0.2, -0.15) is 0 Å². The molecule has 0 amide bonds. The Morgan fingerprint density at radius 3 is 2.40 bits per heavy atom. The molecule has 60 valence electrons. The molecular formula is C8H17NO. The molecule has 0 aromatic carbocycles. The molecular weight excluding hydrogens is 126 g/mol. The highest BCUT2D eigenvalue weighted by atomic mass is 16.5. The normalized spacial score (nSPS) is 43.8. The first kappa shape index (κ1) is 8.02. The predicted octanol–water partition coefficient (Wildman–Crippen LogP) is 1.11. The summed E-state index contributed by atoms with van der Waals surface area (Å²) in [6.45, 7) is 7.41. The van der Waals surface area contributed by atoms with Crippen LogP contribution in [0.15, 0.2) is 0 Å². The van der Waals surface area contributed by atoms with Gasteiger partial charge in [0.25, 0.3) is 0 Å². The summed E-state index contributed by atoms with van der Waals surface area (Å²) in [4.78, 5) is 2.37. The van der Waals surface area contributed by atoms with Crippen LogP contribution in [0.5, 0.6) is 0 Å². The molecule has 0 radical (unpaired) electrons. The van der Waals surface area contributed by atoms with Crippen molar-refractivity contribution in [2.75, 3.05) is 13.7 Å². The topological polar surface area (TPSA) is 12.5 Å². The number of ether oxygens (including phenoxy) is 1. The van der Waals surface area contributed by atoms with Crippen molar-refractivity contribution in [3.8, 4) is 0 Å². The third-order valence-corrected chi connectivity index (χ3v) is 2.62. The van der Waals surface area contributed by atoms with Crippen LogP contribution in [0.1, 0.15) is 20.8 Å². The van der Waals surface area contributed by atoms with Crippen molar-refractivity contribution < 1.29 is 4.74 Å². The SMILES string of the molecule is CC1OCC(C)N(C)C1C. The van der Waals surface area contributed by atoms with E-state index >= 15 is 0 Å². The lowest BCUT2D eigenvalue weighted by Crippen LogP contribution is -2.51. The molecule has 0 saturated carbocycles. The van der Waals surface area contributed by atoms with Gasteiger partial charge in [0.05, 0.1) is 12.7 Å². The highest BCUT2D eigenvalue weighted by molar-refractivity contribution is 4.79. The molecule has 1 rings (SSSR count). The molecule has 3 atom stereocenters. The Kier molecular flexibility index (Phi) is 2.32. The van der Waals surface area contributed by atoms with Gasteiger partial charge in [-0.1, -0.05) is 0 Å². The van der Waals surface area contributed by atoms with Crippen molar-refractivity contribution in [2.24, 2.45) is 0 Å². The summed E-state index contributed by atoms with van der Waals surface area (Å²) in [6.07, 6.45) is 0.390.